The van der Waals surface area contributed by atoms with E-state index in [1.54, 1.807) is 18.4 Å². The Bertz CT molecular complexity index is 1350. The number of amides is 6. The van der Waals surface area contributed by atoms with Gasteiger partial charge in [-0.3, -0.25) is 38.5 Å². The van der Waals surface area contributed by atoms with E-state index < -0.39 is 64.9 Å². The number of rotatable bonds is 12. The van der Waals surface area contributed by atoms with Gasteiger partial charge in [0, 0.05) is 36.2 Å². The van der Waals surface area contributed by atoms with Gasteiger partial charge in [-0.2, -0.15) is 0 Å². The molecule has 1 aromatic heterocycles. The lowest BCUT2D eigenvalue weighted by atomic mass is 10.0. The summed E-state index contributed by atoms with van der Waals surface area (Å²) in [6, 6.07) is 0.637. The van der Waals surface area contributed by atoms with Crippen molar-refractivity contribution in [2.75, 3.05) is 25.4 Å². The number of carboxylic acids is 1. The van der Waals surface area contributed by atoms with Crippen LogP contribution >= 0.6 is 23.1 Å². The van der Waals surface area contributed by atoms with Crippen LogP contribution < -0.4 is 10.6 Å². The molecule has 6 amide bonds. The molecule has 0 aliphatic carbocycles. The van der Waals surface area contributed by atoms with Gasteiger partial charge in [-0.1, -0.05) is 6.07 Å². The first-order valence-electron chi connectivity index (χ1n) is 12.5. The van der Waals surface area contributed by atoms with Gasteiger partial charge in [0.25, 0.3) is 11.8 Å². The molecular weight excluding hydrogens is 596 g/mol. The molecule has 4 atom stereocenters. The molecule has 2 unspecified atom stereocenters. The zero-order valence-electron chi connectivity index (χ0n) is 22.3. The third-order valence-electron chi connectivity index (χ3n) is 6.70. The normalized spacial score (nSPS) is 21.6. The molecule has 0 bridgehead atoms. The van der Waals surface area contributed by atoms with E-state index in [1.165, 1.54) is 11.0 Å². The van der Waals surface area contributed by atoms with Crippen molar-refractivity contribution in [3.05, 3.63) is 33.7 Å². The zero-order chi connectivity index (χ0) is 30.7. The largest absolute Gasteiger partial charge is 0.477 e. The fourth-order valence-electron chi connectivity index (χ4n) is 4.77. The summed E-state index contributed by atoms with van der Waals surface area (Å²) in [5, 5.41) is 17.3. The Morgan fingerprint density at radius 3 is 2.52 bits per heavy atom. The number of ether oxygens (including phenoxy) is 1. The number of nitrogens with zero attached hydrogens (tertiary/aromatic N) is 4. The molecule has 0 aromatic carbocycles. The van der Waals surface area contributed by atoms with Gasteiger partial charge in [-0.25, -0.2) is 14.8 Å². The van der Waals surface area contributed by atoms with Crippen molar-refractivity contribution >= 4 is 71.5 Å². The molecule has 0 saturated carbocycles. The summed E-state index contributed by atoms with van der Waals surface area (Å²) in [5.74, 6) is -6.10. The number of hydrogen-bond donors (Lipinski definition) is 3. The second-order valence-electron chi connectivity index (χ2n) is 9.07. The van der Waals surface area contributed by atoms with E-state index in [4.69, 9.17) is 4.74 Å². The van der Waals surface area contributed by atoms with Gasteiger partial charge in [0.1, 0.15) is 17.1 Å². The smallest absolute Gasteiger partial charge is 0.352 e. The molecule has 2 fully saturated rings. The number of β-lactam (4-membered cyclic amide) rings is 1. The highest BCUT2D eigenvalue weighted by Gasteiger charge is 2.55. The van der Waals surface area contributed by atoms with Crippen molar-refractivity contribution in [3.8, 4) is 0 Å². The first-order chi connectivity index (χ1) is 20.0. The van der Waals surface area contributed by atoms with Crippen LogP contribution in [0.1, 0.15) is 24.8 Å². The number of carboxylic acid groups (broad SMARTS) is 1. The van der Waals surface area contributed by atoms with Crippen LogP contribution in [-0.2, 0) is 43.1 Å². The highest BCUT2D eigenvalue weighted by molar-refractivity contribution is 8.00. The number of hydrogen-bond acceptors (Lipinski definition) is 11. The van der Waals surface area contributed by atoms with E-state index in [0.717, 1.165) is 44.9 Å². The number of piperazine rings is 1. The average molecular weight is 623 g/mol. The summed E-state index contributed by atoms with van der Waals surface area (Å²) in [6.45, 7) is 3.01. The third-order valence-corrected chi connectivity index (χ3v) is 8.93. The van der Waals surface area contributed by atoms with E-state index in [-0.39, 0.29) is 42.2 Å². The lowest BCUT2D eigenvalue weighted by Gasteiger charge is -2.49. The minimum absolute atomic E-state index is 0.0842. The van der Waals surface area contributed by atoms with E-state index in [2.05, 4.69) is 10.6 Å². The second kappa shape index (κ2) is 12.6. The van der Waals surface area contributed by atoms with Crippen LogP contribution in [0.3, 0.4) is 0 Å². The van der Waals surface area contributed by atoms with Gasteiger partial charge in [0.2, 0.25) is 19.0 Å². The average Bonchev–Trinajstić information content (AvgIpc) is 3.49. The van der Waals surface area contributed by atoms with E-state index in [0.29, 0.717) is 6.41 Å². The highest BCUT2D eigenvalue weighted by atomic mass is 32.2. The minimum atomic E-state index is -1.69. The lowest BCUT2D eigenvalue weighted by Crippen LogP contribution is -2.70. The number of fused-ring (bicyclic) bond motifs is 1. The maximum Gasteiger partial charge on any atom is 0.352 e. The van der Waals surface area contributed by atoms with E-state index >= 15 is 0 Å². The van der Waals surface area contributed by atoms with Gasteiger partial charge in [0.05, 0.1) is 6.54 Å². The molecule has 42 heavy (non-hydrogen) atoms. The molecule has 3 aliphatic heterocycles. The molecule has 16 nitrogen and oxygen atoms in total. The Morgan fingerprint density at radius 2 is 1.95 bits per heavy atom. The van der Waals surface area contributed by atoms with Crippen LogP contribution in [0.25, 0.3) is 0 Å². The van der Waals surface area contributed by atoms with Crippen LogP contribution in [0.15, 0.2) is 28.8 Å². The van der Waals surface area contributed by atoms with Crippen LogP contribution in [0.4, 0.5) is 0 Å². The molecule has 18 heteroatoms. The molecule has 4 rings (SSSR count). The predicted molar refractivity (Wildman–Crippen MR) is 143 cm³/mol. The number of hydrazine groups is 1. The maximum atomic E-state index is 13.8. The maximum absolute atomic E-state index is 13.8. The molecular formula is C24H26N6O10S2. The lowest BCUT2D eigenvalue weighted by molar-refractivity contribution is -0.177. The number of esters is 1. The summed E-state index contributed by atoms with van der Waals surface area (Å²) in [5.41, 5.74) is -0.661. The van der Waals surface area contributed by atoms with Crippen LogP contribution in [0.5, 0.6) is 0 Å². The molecule has 0 radical (unpaired) electrons. The Hall–Kier alpha value is -4.45. The Labute approximate surface area is 246 Å². The fraction of sp³-hybridized carbons (Fsp3) is 0.417. The van der Waals surface area contributed by atoms with Gasteiger partial charge in [-0.15, -0.1) is 23.1 Å². The van der Waals surface area contributed by atoms with Crippen molar-refractivity contribution in [1.82, 2.24) is 30.5 Å². The Kier molecular flexibility index (Phi) is 9.15. The van der Waals surface area contributed by atoms with Crippen LogP contribution in [0, 0.1) is 0 Å². The quantitative estimate of drug-likeness (QED) is 0.0782. The van der Waals surface area contributed by atoms with Crippen LogP contribution in [-0.4, -0.2) is 116 Å². The monoisotopic (exact) mass is 622 g/mol. The molecule has 3 aliphatic rings. The summed E-state index contributed by atoms with van der Waals surface area (Å²) in [7, 11) is 0. The first-order valence-corrected chi connectivity index (χ1v) is 14.4. The van der Waals surface area contributed by atoms with Crippen molar-refractivity contribution < 1.29 is 48.2 Å². The third kappa shape index (κ3) is 5.54. The number of likely N-dealkylation sites (N-methyl/N-ethyl adjacent to an activating group) is 1. The van der Waals surface area contributed by atoms with E-state index in [1.807, 2.05) is 0 Å². The standard InChI is InChI=1S/C24H26N6O10S2/c1-3-27-6-7-28(22(37)21(27)36)29(11-32)17(14-5-4-8-41-14)18(34)26-19(40-12(2)33)13-9-42-23-15(25-10-31)20(35)30(23)16(13)24(38)39/h4-5,8,10-11,15,17,19,23H,3,6-7,9H2,1-2H3,(H,25,31)(H,26,34)(H,38,39)/t15-,17?,19?,23-/m1/s1. The van der Waals surface area contributed by atoms with Crippen molar-refractivity contribution in [2.45, 2.75) is 37.5 Å². The minimum Gasteiger partial charge on any atom is -0.477 e. The first kappa shape index (κ1) is 30.5. The van der Waals surface area contributed by atoms with Crippen molar-refractivity contribution in [2.24, 2.45) is 0 Å². The van der Waals surface area contributed by atoms with Crippen molar-refractivity contribution in [1.29, 1.82) is 0 Å². The van der Waals surface area contributed by atoms with Gasteiger partial charge >= 0.3 is 23.8 Å². The number of nitrogens with one attached hydrogen (secondary N) is 2. The van der Waals surface area contributed by atoms with Crippen molar-refractivity contribution in [3.63, 3.8) is 0 Å². The number of aliphatic carboxylic acids is 1. The summed E-state index contributed by atoms with van der Waals surface area (Å²) in [4.78, 5) is 102. The molecule has 0 spiro atoms. The molecule has 224 valence electrons. The predicted octanol–water partition coefficient (Wildman–Crippen LogP) is -1.77. The Balaban J connectivity index is 1.69. The summed E-state index contributed by atoms with van der Waals surface area (Å²) < 4.78 is 5.29. The topological polar surface area (TPSA) is 203 Å². The van der Waals surface area contributed by atoms with Gasteiger partial charge in [0.15, 0.2) is 6.04 Å². The molecule has 2 saturated heterocycles. The second-order valence-corrected chi connectivity index (χ2v) is 11.1. The number of carbonyl (C=O) groups is 8. The SMILES string of the molecule is CCN1CCN(N(C=O)C(C(=O)NC(OC(C)=O)C2=C(C(=O)O)N3C(=O)[C@@H](NC=O)[C@H]3SC2)c2cccs2)C(=O)C1=O. The molecule has 1 aromatic rings. The number of thioether (sulfide) groups is 1. The number of thiophene rings is 1. The van der Waals surface area contributed by atoms with Gasteiger partial charge < -0.3 is 25.4 Å². The Morgan fingerprint density at radius 1 is 1.21 bits per heavy atom. The van der Waals surface area contributed by atoms with E-state index in [9.17, 15) is 43.5 Å². The van der Waals surface area contributed by atoms with Crippen LogP contribution in [0.2, 0.25) is 0 Å². The zero-order valence-corrected chi connectivity index (χ0v) is 23.9. The summed E-state index contributed by atoms with van der Waals surface area (Å²) in [6.07, 6.45) is -1.14. The summed E-state index contributed by atoms with van der Waals surface area (Å²) >= 11 is 2.15. The molecule has 3 N–H and O–H groups in total. The number of carbonyl (C=O) groups excluding carboxylic acids is 7. The highest BCUT2D eigenvalue weighted by Crippen LogP contribution is 2.41. The fourth-order valence-corrected chi connectivity index (χ4v) is 6.97. The van der Waals surface area contributed by atoms with Gasteiger partial charge in [-0.05, 0) is 18.4 Å². The molecule has 4 heterocycles.